The van der Waals surface area contributed by atoms with Crippen LogP contribution in [-0.4, -0.2) is 21.0 Å². The number of rotatable bonds is 4. The second-order valence-electron chi connectivity index (χ2n) is 4.95. The Morgan fingerprint density at radius 2 is 1.79 bits per heavy atom. The van der Waals surface area contributed by atoms with Crippen molar-refractivity contribution in [2.45, 2.75) is 40.3 Å². The predicted molar refractivity (Wildman–Crippen MR) is 76.7 cm³/mol. The third kappa shape index (κ3) is 3.35. The highest BCUT2D eigenvalue weighted by atomic mass is 14.9. The van der Waals surface area contributed by atoms with E-state index in [1.807, 2.05) is 32.0 Å². The van der Waals surface area contributed by atoms with E-state index in [1.165, 1.54) is 5.56 Å². The van der Waals surface area contributed by atoms with Crippen molar-refractivity contribution < 1.29 is 0 Å². The Labute approximate surface area is 114 Å². The summed E-state index contributed by atoms with van der Waals surface area (Å²) in [6.45, 7) is 9.12. The minimum atomic E-state index is 0.453. The molecule has 4 nitrogen and oxygen atoms in total. The van der Waals surface area contributed by atoms with E-state index in [1.54, 1.807) is 6.20 Å². The summed E-state index contributed by atoms with van der Waals surface area (Å²) in [7, 11) is 0. The predicted octanol–water partition coefficient (Wildman–Crippen LogP) is 2.65. The van der Waals surface area contributed by atoms with E-state index in [0.717, 1.165) is 23.6 Å². The van der Waals surface area contributed by atoms with E-state index in [-0.39, 0.29) is 0 Å². The minimum Gasteiger partial charge on any atom is -0.310 e. The largest absolute Gasteiger partial charge is 0.310 e. The summed E-state index contributed by atoms with van der Waals surface area (Å²) in [5, 5.41) is 3.41. The lowest BCUT2D eigenvalue weighted by Gasteiger charge is -2.13. The van der Waals surface area contributed by atoms with Gasteiger partial charge in [-0.2, -0.15) is 0 Å². The summed E-state index contributed by atoms with van der Waals surface area (Å²) in [5.74, 6) is 0.698. The summed E-state index contributed by atoms with van der Waals surface area (Å²) in [5.41, 5.74) is 4.02. The second kappa shape index (κ2) is 5.89. The molecule has 0 amide bonds. The van der Waals surface area contributed by atoms with E-state index in [4.69, 9.17) is 0 Å². The standard InChI is InChI=1S/C15H20N4/c1-10(2)17-9-13-11(3)18-15(19-12(13)4)14-7-5-6-8-16-14/h5-8,10,17H,9H2,1-4H3. The SMILES string of the molecule is Cc1nc(-c2ccccn2)nc(C)c1CNC(C)C. The molecule has 0 saturated heterocycles. The number of aromatic nitrogens is 3. The summed E-state index contributed by atoms with van der Waals surface area (Å²) < 4.78 is 0. The maximum absolute atomic E-state index is 4.57. The van der Waals surface area contributed by atoms with Crippen LogP contribution in [0.5, 0.6) is 0 Å². The first-order chi connectivity index (χ1) is 9.08. The highest BCUT2D eigenvalue weighted by Crippen LogP contribution is 2.16. The first kappa shape index (κ1) is 13.6. The van der Waals surface area contributed by atoms with Crippen molar-refractivity contribution in [3.8, 4) is 11.5 Å². The van der Waals surface area contributed by atoms with Crippen LogP contribution in [0.3, 0.4) is 0 Å². The number of pyridine rings is 1. The first-order valence-corrected chi connectivity index (χ1v) is 6.57. The molecule has 0 radical (unpaired) electrons. The van der Waals surface area contributed by atoms with Crippen LogP contribution in [0.25, 0.3) is 11.5 Å². The van der Waals surface area contributed by atoms with Crippen LogP contribution in [0.1, 0.15) is 30.8 Å². The van der Waals surface area contributed by atoms with Crippen LogP contribution in [0, 0.1) is 13.8 Å². The number of aryl methyl sites for hydroxylation is 2. The van der Waals surface area contributed by atoms with Crippen LogP contribution < -0.4 is 5.32 Å². The van der Waals surface area contributed by atoms with Crippen LogP contribution in [0.15, 0.2) is 24.4 Å². The third-order valence-corrected chi connectivity index (χ3v) is 3.00. The fourth-order valence-corrected chi connectivity index (χ4v) is 1.91. The Balaban J connectivity index is 2.32. The van der Waals surface area contributed by atoms with Crippen LogP contribution in [-0.2, 0) is 6.54 Å². The minimum absolute atomic E-state index is 0.453. The van der Waals surface area contributed by atoms with Gasteiger partial charge in [0.05, 0.1) is 0 Å². The molecular weight excluding hydrogens is 236 g/mol. The van der Waals surface area contributed by atoms with Crippen molar-refractivity contribution in [1.29, 1.82) is 0 Å². The van der Waals surface area contributed by atoms with Gasteiger partial charge in [0.15, 0.2) is 5.82 Å². The fourth-order valence-electron chi connectivity index (χ4n) is 1.91. The average molecular weight is 256 g/mol. The molecule has 2 heterocycles. The number of hydrogen-bond acceptors (Lipinski definition) is 4. The Bertz CT molecular complexity index is 526. The van der Waals surface area contributed by atoms with Gasteiger partial charge in [0.1, 0.15) is 5.69 Å². The number of hydrogen-bond donors (Lipinski definition) is 1. The molecule has 19 heavy (non-hydrogen) atoms. The molecule has 0 saturated carbocycles. The van der Waals surface area contributed by atoms with E-state index >= 15 is 0 Å². The van der Waals surface area contributed by atoms with Gasteiger partial charge in [-0.3, -0.25) is 4.98 Å². The van der Waals surface area contributed by atoms with Crippen molar-refractivity contribution in [3.05, 3.63) is 41.3 Å². The van der Waals surface area contributed by atoms with E-state index in [0.29, 0.717) is 11.9 Å². The molecule has 0 aliphatic rings. The quantitative estimate of drug-likeness (QED) is 0.913. The van der Waals surface area contributed by atoms with E-state index < -0.39 is 0 Å². The maximum atomic E-state index is 4.57. The highest BCUT2D eigenvalue weighted by Gasteiger charge is 2.10. The van der Waals surface area contributed by atoms with Gasteiger partial charge < -0.3 is 5.32 Å². The Morgan fingerprint density at radius 3 is 2.32 bits per heavy atom. The van der Waals surface area contributed by atoms with Gasteiger partial charge in [-0.1, -0.05) is 19.9 Å². The van der Waals surface area contributed by atoms with Crippen molar-refractivity contribution in [2.75, 3.05) is 0 Å². The molecule has 0 atom stereocenters. The Kier molecular flexibility index (Phi) is 4.22. The van der Waals surface area contributed by atoms with Crippen molar-refractivity contribution in [2.24, 2.45) is 0 Å². The molecule has 0 spiro atoms. The molecule has 2 rings (SSSR count). The average Bonchev–Trinajstić information content (AvgIpc) is 2.38. The van der Waals surface area contributed by atoms with Gasteiger partial charge in [-0.15, -0.1) is 0 Å². The topological polar surface area (TPSA) is 50.7 Å². The van der Waals surface area contributed by atoms with Gasteiger partial charge in [0, 0.05) is 35.7 Å². The maximum Gasteiger partial charge on any atom is 0.178 e. The summed E-state index contributed by atoms with van der Waals surface area (Å²) in [6.07, 6.45) is 1.76. The van der Waals surface area contributed by atoms with Crippen LogP contribution in [0.2, 0.25) is 0 Å². The molecule has 0 aromatic carbocycles. The van der Waals surface area contributed by atoms with Gasteiger partial charge >= 0.3 is 0 Å². The van der Waals surface area contributed by atoms with Gasteiger partial charge in [0.25, 0.3) is 0 Å². The van der Waals surface area contributed by atoms with Gasteiger partial charge in [-0.05, 0) is 26.0 Å². The van der Waals surface area contributed by atoms with E-state index in [2.05, 4.69) is 34.1 Å². The molecule has 2 aromatic rings. The lowest BCUT2D eigenvalue weighted by molar-refractivity contribution is 0.583. The monoisotopic (exact) mass is 256 g/mol. The smallest absolute Gasteiger partial charge is 0.178 e. The fraction of sp³-hybridized carbons (Fsp3) is 0.400. The molecule has 1 N–H and O–H groups in total. The third-order valence-electron chi connectivity index (χ3n) is 3.00. The first-order valence-electron chi connectivity index (χ1n) is 6.57. The highest BCUT2D eigenvalue weighted by molar-refractivity contribution is 5.49. The molecule has 0 fully saturated rings. The summed E-state index contributed by atoms with van der Waals surface area (Å²) in [4.78, 5) is 13.4. The lowest BCUT2D eigenvalue weighted by atomic mass is 10.1. The molecule has 0 unspecified atom stereocenters. The molecule has 100 valence electrons. The lowest BCUT2D eigenvalue weighted by Crippen LogP contribution is -2.23. The van der Waals surface area contributed by atoms with Crippen LogP contribution >= 0.6 is 0 Å². The van der Waals surface area contributed by atoms with Gasteiger partial charge in [-0.25, -0.2) is 9.97 Å². The zero-order chi connectivity index (χ0) is 13.8. The summed E-state index contributed by atoms with van der Waals surface area (Å²) >= 11 is 0. The molecule has 4 heteroatoms. The summed E-state index contributed by atoms with van der Waals surface area (Å²) in [6, 6.07) is 6.23. The van der Waals surface area contributed by atoms with Gasteiger partial charge in [0.2, 0.25) is 0 Å². The molecule has 0 bridgehead atoms. The number of nitrogens with zero attached hydrogens (tertiary/aromatic N) is 3. The van der Waals surface area contributed by atoms with Crippen molar-refractivity contribution >= 4 is 0 Å². The molecule has 0 aliphatic carbocycles. The van der Waals surface area contributed by atoms with Crippen LogP contribution in [0.4, 0.5) is 0 Å². The number of nitrogens with one attached hydrogen (secondary N) is 1. The molecular formula is C15H20N4. The van der Waals surface area contributed by atoms with E-state index in [9.17, 15) is 0 Å². The normalized spacial score (nSPS) is 11.0. The zero-order valence-corrected chi connectivity index (χ0v) is 11.9. The Morgan fingerprint density at radius 1 is 1.11 bits per heavy atom. The molecule has 0 aliphatic heterocycles. The molecule has 2 aromatic heterocycles. The Hall–Kier alpha value is -1.81. The zero-order valence-electron chi connectivity index (χ0n) is 11.9. The van der Waals surface area contributed by atoms with Crippen molar-refractivity contribution in [1.82, 2.24) is 20.3 Å². The second-order valence-corrected chi connectivity index (χ2v) is 4.95. The van der Waals surface area contributed by atoms with Crippen molar-refractivity contribution in [3.63, 3.8) is 0 Å².